The van der Waals surface area contributed by atoms with E-state index in [0.29, 0.717) is 11.5 Å². The molecular weight excluding hydrogens is 400 g/mol. The van der Waals surface area contributed by atoms with Gasteiger partial charge in [-0.05, 0) is 36.8 Å². The largest absolute Gasteiger partial charge is 0.488 e. The summed E-state index contributed by atoms with van der Waals surface area (Å²) in [6, 6.07) is 17.1. The van der Waals surface area contributed by atoms with Gasteiger partial charge in [-0.15, -0.1) is 0 Å². The fourth-order valence-electron chi connectivity index (χ4n) is 2.72. The highest BCUT2D eigenvalue weighted by atomic mass is 16.5. The Morgan fingerprint density at radius 2 is 1.84 bits per heavy atom. The van der Waals surface area contributed by atoms with Crippen LogP contribution in [0.1, 0.15) is 27.2 Å². The first kappa shape index (κ1) is 21.6. The molecule has 1 heterocycles. The summed E-state index contributed by atoms with van der Waals surface area (Å²) >= 11 is 0. The SMILES string of the molecule is Cc1cccc(COc2ccccc2C(=O)OCC(=O)NC(=O)NCc2ccco2)c1. The van der Waals surface area contributed by atoms with Crippen molar-refractivity contribution in [2.24, 2.45) is 0 Å². The first-order valence-electron chi connectivity index (χ1n) is 9.56. The molecule has 0 aliphatic carbocycles. The minimum absolute atomic E-state index is 0.123. The number of ether oxygens (including phenoxy) is 2. The molecule has 3 aromatic rings. The van der Waals surface area contributed by atoms with Gasteiger partial charge in [0.25, 0.3) is 5.91 Å². The monoisotopic (exact) mass is 422 g/mol. The Balaban J connectivity index is 1.48. The summed E-state index contributed by atoms with van der Waals surface area (Å²) in [4.78, 5) is 36.0. The third-order valence-corrected chi connectivity index (χ3v) is 4.17. The van der Waals surface area contributed by atoms with Gasteiger partial charge in [0.1, 0.15) is 23.7 Å². The van der Waals surface area contributed by atoms with Crippen molar-refractivity contribution in [3.8, 4) is 5.75 Å². The maximum atomic E-state index is 12.4. The third kappa shape index (κ3) is 6.74. The van der Waals surface area contributed by atoms with Crippen molar-refractivity contribution in [3.05, 3.63) is 89.4 Å². The second-order valence-electron chi connectivity index (χ2n) is 6.66. The van der Waals surface area contributed by atoms with Crippen LogP contribution in [0.2, 0.25) is 0 Å². The molecule has 0 radical (unpaired) electrons. The lowest BCUT2D eigenvalue weighted by Gasteiger charge is -2.12. The molecule has 0 atom stereocenters. The van der Waals surface area contributed by atoms with Gasteiger partial charge in [0.2, 0.25) is 0 Å². The number of carbonyl (C=O) groups excluding carboxylic acids is 3. The Kier molecular flexibility index (Phi) is 7.42. The Hall–Kier alpha value is -4.07. The van der Waals surface area contributed by atoms with Crippen molar-refractivity contribution in [1.82, 2.24) is 10.6 Å². The van der Waals surface area contributed by atoms with E-state index in [4.69, 9.17) is 13.9 Å². The Morgan fingerprint density at radius 3 is 2.61 bits per heavy atom. The third-order valence-electron chi connectivity index (χ3n) is 4.17. The van der Waals surface area contributed by atoms with Crippen molar-refractivity contribution in [2.45, 2.75) is 20.1 Å². The molecule has 3 rings (SSSR count). The minimum atomic E-state index is -0.761. The zero-order valence-electron chi connectivity index (χ0n) is 16.9. The number of carbonyl (C=O) groups is 3. The molecule has 0 fully saturated rings. The average Bonchev–Trinajstić information content (AvgIpc) is 3.29. The lowest BCUT2D eigenvalue weighted by molar-refractivity contribution is -0.123. The van der Waals surface area contributed by atoms with E-state index in [1.807, 2.05) is 31.2 Å². The predicted molar refractivity (Wildman–Crippen MR) is 111 cm³/mol. The van der Waals surface area contributed by atoms with Crippen LogP contribution in [-0.4, -0.2) is 24.5 Å². The number of rotatable bonds is 8. The van der Waals surface area contributed by atoms with Gasteiger partial charge in [-0.3, -0.25) is 10.1 Å². The average molecular weight is 422 g/mol. The van der Waals surface area contributed by atoms with E-state index in [1.54, 1.807) is 36.4 Å². The molecule has 0 saturated carbocycles. The van der Waals surface area contributed by atoms with E-state index in [1.165, 1.54) is 6.26 Å². The number of para-hydroxylation sites is 1. The molecule has 1 aromatic heterocycles. The highest BCUT2D eigenvalue weighted by Crippen LogP contribution is 2.20. The van der Waals surface area contributed by atoms with E-state index in [9.17, 15) is 14.4 Å². The molecule has 8 nitrogen and oxygen atoms in total. The first-order valence-corrected chi connectivity index (χ1v) is 9.56. The molecule has 0 spiro atoms. The first-order chi connectivity index (χ1) is 15.0. The predicted octanol–water partition coefficient (Wildman–Crippen LogP) is 3.35. The van der Waals surface area contributed by atoms with Gasteiger partial charge in [0, 0.05) is 0 Å². The standard InChI is InChI=1S/C23H22N2O6/c1-16-6-4-7-17(12-16)14-30-20-10-3-2-9-19(20)22(27)31-15-21(26)25-23(28)24-13-18-8-5-11-29-18/h2-12H,13-15H2,1H3,(H2,24,25,26,28). The van der Waals surface area contributed by atoms with Gasteiger partial charge < -0.3 is 19.2 Å². The molecule has 0 aliphatic heterocycles. The number of esters is 1. The summed E-state index contributed by atoms with van der Waals surface area (Å²) in [6.45, 7) is 1.77. The van der Waals surface area contributed by atoms with Crippen molar-refractivity contribution in [1.29, 1.82) is 0 Å². The quantitative estimate of drug-likeness (QED) is 0.539. The van der Waals surface area contributed by atoms with Crippen molar-refractivity contribution in [3.63, 3.8) is 0 Å². The number of imide groups is 1. The molecule has 0 bridgehead atoms. The molecule has 160 valence electrons. The molecule has 0 saturated heterocycles. The zero-order valence-corrected chi connectivity index (χ0v) is 16.9. The van der Waals surface area contributed by atoms with E-state index >= 15 is 0 Å². The minimum Gasteiger partial charge on any atom is -0.488 e. The van der Waals surface area contributed by atoms with Gasteiger partial charge in [-0.1, -0.05) is 42.0 Å². The summed E-state index contributed by atoms with van der Waals surface area (Å²) in [5, 5.41) is 4.53. The van der Waals surface area contributed by atoms with Crippen LogP contribution < -0.4 is 15.4 Å². The maximum Gasteiger partial charge on any atom is 0.342 e. The van der Waals surface area contributed by atoms with Crippen LogP contribution in [0.5, 0.6) is 5.75 Å². The fourth-order valence-corrected chi connectivity index (χ4v) is 2.72. The number of urea groups is 1. The maximum absolute atomic E-state index is 12.4. The van der Waals surface area contributed by atoms with E-state index in [0.717, 1.165) is 11.1 Å². The zero-order chi connectivity index (χ0) is 22.1. The molecule has 8 heteroatoms. The fraction of sp³-hybridized carbons (Fsp3) is 0.174. The highest BCUT2D eigenvalue weighted by molar-refractivity contribution is 5.97. The lowest BCUT2D eigenvalue weighted by atomic mass is 10.1. The molecule has 3 amide bonds. The molecule has 0 aliphatic rings. The number of nitrogens with one attached hydrogen (secondary N) is 2. The van der Waals surface area contributed by atoms with Crippen LogP contribution in [0.4, 0.5) is 4.79 Å². The van der Waals surface area contributed by atoms with Crippen LogP contribution in [0.25, 0.3) is 0 Å². The van der Waals surface area contributed by atoms with E-state index in [2.05, 4.69) is 10.6 Å². The van der Waals surface area contributed by atoms with Gasteiger partial charge in [-0.2, -0.15) is 0 Å². The number of benzene rings is 2. The molecular formula is C23H22N2O6. The Bertz CT molecular complexity index is 1050. The van der Waals surface area contributed by atoms with Crippen molar-refractivity contribution < 1.29 is 28.3 Å². The number of hydrogen-bond donors (Lipinski definition) is 2. The van der Waals surface area contributed by atoms with Gasteiger partial charge in [-0.25, -0.2) is 9.59 Å². The van der Waals surface area contributed by atoms with Gasteiger partial charge >= 0.3 is 12.0 Å². The van der Waals surface area contributed by atoms with Crippen molar-refractivity contribution >= 4 is 17.9 Å². The molecule has 2 N–H and O–H groups in total. The Morgan fingerprint density at radius 1 is 1.00 bits per heavy atom. The summed E-state index contributed by atoms with van der Waals surface area (Å²) in [5.41, 5.74) is 2.25. The molecule has 31 heavy (non-hydrogen) atoms. The normalized spacial score (nSPS) is 10.2. The Labute approximate surface area is 179 Å². The summed E-state index contributed by atoms with van der Waals surface area (Å²) in [6.07, 6.45) is 1.47. The van der Waals surface area contributed by atoms with E-state index < -0.39 is 24.5 Å². The highest BCUT2D eigenvalue weighted by Gasteiger charge is 2.16. The van der Waals surface area contributed by atoms with Crippen LogP contribution in [-0.2, 0) is 22.7 Å². The number of amides is 3. The van der Waals surface area contributed by atoms with E-state index in [-0.39, 0.29) is 18.7 Å². The van der Waals surface area contributed by atoms with Crippen LogP contribution in [0, 0.1) is 6.92 Å². The van der Waals surface area contributed by atoms with Crippen molar-refractivity contribution in [2.75, 3.05) is 6.61 Å². The number of hydrogen-bond acceptors (Lipinski definition) is 6. The van der Waals surface area contributed by atoms with Crippen LogP contribution >= 0.6 is 0 Å². The van der Waals surface area contributed by atoms with Gasteiger partial charge in [0.15, 0.2) is 6.61 Å². The lowest BCUT2D eigenvalue weighted by Crippen LogP contribution is -2.41. The summed E-state index contributed by atoms with van der Waals surface area (Å²) < 4.78 is 15.9. The summed E-state index contributed by atoms with van der Waals surface area (Å²) in [7, 11) is 0. The topological polar surface area (TPSA) is 107 Å². The van der Waals surface area contributed by atoms with Gasteiger partial charge in [0.05, 0.1) is 12.8 Å². The molecule has 0 unspecified atom stereocenters. The number of aryl methyl sites for hydroxylation is 1. The smallest absolute Gasteiger partial charge is 0.342 e. The second kappa shape index (κ2) is 10.6. The van der Waals surface area contributed by atoms with Crippen LogP contribution in [0.3, 0.4) is 0 Å². The van der Waals surface area contributed by atoms with Crippen LogP contribution in [0.15, 0.2) is 71.3 Å². The summed E-state index contributed by atoms with van der Waals surface area (Å²) in [5.74, 6) is -0.614. The molecule has 2 aromatic carbocycles. The second-order valence-corrected chi connectivity index (χ2v) is 6.66. The number of furan rings is 1.